The van der Waals surface area contributed by atoms with E-state index >= 15 is 0 Å². The van der Waals surface area contributed by atoms with Gasteiger partial charge in [0.25, 0.3) is 0 Å². The van der Waals surface area contributed by atoms with E-state index in [0.717, 1.165) is 6.29 Å². The van der Waals surface area contributed by atoms with E-state index in [1.807, 2.05) is 0 Å². The van der Waals surface area contributed by atoms with Crippen LogP contribution in [-0.2, 0) is 23.7 Å². The molecule has 2 fully saturated rings. The lowest BCUT2D eigenvalue weighted by atomic mass is 9.91. The summed E-state index contributed by atoms with van der Waals surface area (Å²) < 4.78 is 22.8. The molecule has 0 saturated carbocycles. The molecule has 2 aliphatic heterocycles. The Kier molecular flexibility index (Phi) is 3.75. The van der Waals surface area contributed by atoms with Gasteiger partial charge in [0.05, 0.1) is 12.0 Å². The number of nitrogens with one attached hydrogen (secondary N) is 1. The topological polar surface area (TPSA) is 66.0 Å². The van der Waals surface area contributed by atoms with Gasteiger partial charge in [-0.15, -0.1) is 0 Å². The Labute approximate surface area is 107 Å². The lowest BCUT2D eigenvalue weighted by Gasteiger charge is -2.54. The third-order valence-corrected chi connectivity index (χ3v) is 4.03. The van der Waals surface area contributed by atoms with Gasteiger partial charge in [-0.3, -0.25) is 0 Å². The van der Waals surface area contributed by atoms with Crippen LogP contribution < -0.4 is 5.32 Å². The van der Waals surface area contributed by atoms with Crippen molar-refractivity contribution in [3.8, 4) is 0 Å². The zero-order valence-electron chi connectivity index (χ0n) is 11.3. The van der Waals surface area contributed by atoms with Crippen LogP contribution in [-0.4, -0.2) is 57.4 Å². The number of ether oxygens (including phenoxy) is 4. The molecule has 104 valence electrons. The molecule has 0 amide bonds. The summed E-state index contributed by atoms with van der Waals surface area (Å²) in [6.07, 6.45) is 0.373. The maximum Gasteiger partial charge on any atom is 0.220 e. The second-order valence-corrected chi connectivity index (χ2v) is 5.00. The van der Waals surface area contributed by atoms with E-state index in [-0.39, 0.29) is 18.1 Å². The van der Waals surface area contributed by atoms with Gasteiger partial charge in [0.15, 0.2) is 0 Å². The van der Waals surface area contributed by atoms with Crippen molar-refractivity contribution in [2.24, 2.45) is 5.92 Å². The van der Waals surface area contributed by atoms with Crippen molar-refractivity contribution in [1.82, 2.24) is 5.32 Å². The Balaban J connectivity index is 2.26. The van der Waals surface area contributed by atoms with Crippen LogP contribution in [0.4, 0.5) is 0 Å². The number of fused-ring (bicyclic) bond motifs is 1. The first-order valence-electron chi connectivity index (χ1n) is 6.11. The second-order valence-electron chi connectivity index (χ2n) is 5.00. The van der Waals surface area contributed by atoms with Crippen molar-refractivity contribution in [2.45, 2.75) is 37.6 Å². The monoisotopic (exact) mass is 259 g/mol. The van der Waals surface area contributed by atoms with Crippen molar-refractivity contribution in [3.05, 3.63) is 0 Å². The molecule has 0 aromatic rings. The fourth-order valence-corrected chi connectivity index (χ4v) is 2.53. The van der Waals surface area contributed by atoms with Gasteiger partial charge in [-0.1, -0.05) is 0 Å². The highest BCUT2D eigenvalue weighted by atomic mass is 16.8. The minimum Gasteiger partial charge on any atom is -0.349 e. The molecule has 2 rings (SSSR count). The van der Waals surface area contributed by atoms with Crippen LogP contribution in [0.1, 0.15) is 13.8 Å². The summed E-state index contributed by atoms with van der Waals surface area (Å²) in [6.45, 7) is 4.76. The summed E-state index contributed by atoms with van der Waals surface area (Å²) in [7, 11) is 3.09. The number of methoxy groups -OCH3 is 2. The Bertz CT molecular complexity index is 326. The highest BCUT2D eigenvalue weighted by Crippen LogP contribution is 2.41. The summed E-state index contributed by atoms with van der Waals surface area (Å²) >= 11 is 0. The first kappa shape index (κ1) is 13.9. The maximum absolute atomic E-state index is 11.1. The minimum atomic E-state index is -1.04. The third kappa shape index (κ3) is 1.98. The van der Waals surface area contributed by atoms with Crippen LogP contribution in [0, 0.1) is 5.92 Å². The van der Waals surface area contributed by atoms with Gasteiger partial charge in [-0.25, -0.2) is 0 Å². The Hall–Kier alpha value is -0.530. The highest BCUT2D eigenvalue weighted by Gasteiger charge is 2.58. The predicted molar refractivity (Wildman–Crippen MR) is 63.0 cm³/mol. The van der Waals surface area contributed by atoms with Crippen molar-refractivity contribution in [3.63, 3.8) is 0 Å². The summed E-state index contributed by atoms with van der Waals surface area (Å²) in [5.41, 5.74) is 0. The molecule has 18 heavy (non-hydrogen) atoms. The smallest absolute Gasteiger partial charge is 0.220 e. The Morgan fingerprint density at radius 2 is 1.78 bits per heavy atom. The van der Waals surface area contributed by atoms with E-state index in [1.165, 1.54) is 7.11 Å². The molecule has 0 radical (unpaired) electrons. The van der Waals surface area contributed by atoms with Crippen molar-refractivity contribution in [2.75, 3.05) is 27.3 Å². The molecule has 1 N–H and O–H groups in total. The van der Waals surface area contributed by atoms with Gasteiger partial charge < -0.3 is 29.1 Å². The average Bonchev–Trinajstić information content (AvgIpc) is 2.39. The SMILES string of the molecule is CO[C@@]1(C)O[C@@H]2[C@@H](C=O)CNC[C@H]2O[C@]1(C)OC. The zero-order chi connectivity index (χ0) is 13.4. The molecular formula is C12H21NO5. The molecule has 5 atom stereocenters. The van der Waals surface area contributed by atoms with Gasteiger partial charge in [-0.2, -0.15) is 0 Å². The molecule has 0 bridgehead atoms. The molecule has 2 aliphatic rings. The molecule has 0 spiro atoms. The Morgan fingerprint density at radius 3 is 2.33 bits per heavy atom. The van der Waals surface area contributed by atoms with E-state index in [0.29, 0.717) is 13.1 Å². The largest absolute Gasteiger partial charge is 0.349 e. The highest BCUT2D eigenvalue weighted by molar-refractivity contribution is 5.55. The predicted octanol–water partition coefficient (Wildman–Crippen LogP) is -0.0861. The maximum atomic E-state index is 11.1. The van der Waals surface area contributed by atoms with Gasteiger partial charge >= 0.3 is 0 Å². The summed E-state index contributed by atoms with van der Waals surface area (Å²) in [6, 6.07) is 0. The molecule has 2 heterocycles. The molecule has 6 nitrogen and oxygen atoms in total. The zero-order valence-corrected chi connectivity index (χ0v) is 11.3. The summed E-state index contributed by atoms with van der Waals surface area (Å²) in [5.74, 6) is -2.28. The lowest BCUT2D eigenvalue weighted by Crippen LogP contribution is -2.70. The van der Waals surface area contributed by atoms with Gasteiger partial charge in [0, 0.05) is 27.3 Å². The Morgan fingerprint density at radius 1 is 1.17 bits per heavy atom. The molecule has 0 aromatic heterocycles. The first-order chi connectivity index (χ1) is 8.49. The fourth-order valence-electron chi connectivity index (χ4n) is 2.53. The van der Waals surface area contributed by atoms with Crippen molar-refractivity contribution < 1.29 is 23.7 Å². The van der Waals surface area contributed by atoms with Crippen LogP contribution >= 0.6 is 0 Å². The van der Waals surface area contributed by atoms with E-state index in [4.69, 9.17) is 18.9 Å². The third-order valence-electron chi connectivity index (χ3n) is 4.03. The number of piperidine rings is 1. The molecule has 0 aromatic carbocycles. The fraction of sp³-hybridized carbons (Fsp3) is 0.917. The molecule has 0 unspecified atom stereocenters. The van der Waals surface area contributed by atoms with Crippen LogP contribution in [0.2, 0.25) is 0 Å². The van der Waals surface area contributed by atoms with E-state index in [2.05, 4.69) is 5.32 Å². The molecule has 0 aliphatic carbocycles. The summed E-state index contributed by atoms with van der Waals surface area (Å²) in [4.78, 5) is 11.1. The van der Waals surface area contributed by atoms with Crippen LogP contribution in [0.15, 0.2) is 0 Å². The van der Waals surface area contributed by atoms with Gasteiger partial charge in [-0.05, 0) is 13.8 Å². The molecule has 2 saturated heterocycles. The molecular weight excluding hydrogens is 238 g/mol. The lowest BCUT2D eigenvalue weighted by molar-refractivity contribution is -0.452. The molecule has 6 heteroatoms. The normalized spacial score (nSPS) is 48.6. The van der Waals surface area contributed by atoms with Gasteiger partial charge in [0.2, 0.25) is 11.6 Å². The standard InChI is InChI=1S/C12H21NO5/c1-11(15-3)12(2,16-4)18-10-8(7-14)5-13-6-9(10)17-11/h7-10,13H,5-6H2,1-4H3/t8-,9-,10-,11+,12+/m1/s1. The minimum absolute atomic E-state index is 0.220. The number of carbonyl (C=O) groups is 1. The van der Waals surface area contributed by atoms with E-state index in [1.54, 1.807) is 21.0 Å². The quantitative estimate of drug-likeness (QED) is 0.715. The van der Waals surface area contributed by atoms with Crippen molar-refractivity contribution in [1.29, 1.82) is 0 Å². The van der Waals surface area contributed by atoms with E-state index < -0.39 is 11.6 Å². The number of carbonyl (C=O) groups excluding carboxylic acids is 1. The number of hydrogen-bond acceptors (Lipinski definition) is 6. The second kappa shape index (κ2) is 4.86. The van der Waals surface area contributed by atoms with Crippen LogP contribution in [0.5, 0.6) is 0 Å². The van der Waals surface area contributed by atoms with E-state index in [9.17, 15) is 4.79 Å². The number of aldehydes is 1. The summed E-state index contributed by atoms with van der Waals surface area (Å²) in [5, 5.41) is 3.16. The van der Waals surface area contributed by atoms with Crippen LogP contribution in [0.25, 0.3) is 0 Å². The number of rotatable bonds is 3. The number of hydrogen-bond donors (Lipinski definition) is 1. The first-order valence-corrected chi connectivity index (χ1v) is 6.11. The van der Waals surface area contributed by atoms with Crippen LogP contribution in [0.3, 0.4) is 0 Å². The average molecular weight is 259 g/mol. The van der Waals surface area contributed by atoms with Crippen molar-refractivity contribution >= 4 is 6.29 Å². The van der Waals surface area contributed by atoms with Gasteiger partial charge in [0.1, 0.15) is 12.4 Å².